The number of nitrogens with one attached hydrogen (secondary N) is 1. The molecule has 0 atom stereocenters. The van der Waals surface area contributed by atoms with Crippen molar-refractivity contribution in [3.8, 4) is 0 Å². The summed E-state index contributed by atoms with van der Waals surface area (Å²) in [6, 6.07) is 12.2. The van der Waals surface area contributed by atoms with Crippen LogP contribution >= 0.6 is 0 Å². The number of hydrogen-bond donors (Lipinski definition) is 1. The van der Waals surface area contributed by atoms with Gasteiger partial charge >= 0.3 is 0 Å². The highest BCUT2D eigenvalue weighted by Gasteiger charge is 2.25. The molecule has 2 aromatic carbocycles. The zero-order valence-corrected chi connectivity index (χ0v) is 18.3. The molecule has 2 saturated heterocycles. The van der Waals surface area contributed by atoms with Gasteiger partial charge in [0.2, 0.25) is 5.91 Å². The van der Waals surface area contributed by atoms with Crippen LogP contribution in [0.5, 0.6) is 0 Å². The lowest BCUT2D eigenvalue weighted by molar-refractivity contribution is -0.384. The van der Waals surface area contributed by atoms with Crippen LogP contribution in [0.1, 0.15) is 48.5 Å². The molecular formula is C24H28N4O4. The van der Waals surface area contributed by atoms with Crippen LogP contribution in [0.3, 0.4) is 0 Å². The van der Waals surface area contributed by atoms with E-state index in [-0.39, 0.29) is 23.1 Å². The van der Waals surface area contributed by atoms with Crippen LogP contribution < -0.4 is 15.1 Å². The summed E-state index contributed by atoms with van der Waals surface area (Å²) in [5.41, 5.74) is 2.56. The number of nitro groups is 1. The molecule has 2 heterocycles. The minimum absolute atomic E-state index is 0.0353. The Labute approximate surface area is 187 Å². The van der Waals surface area contributed by atoms with Gasteiger partial charge in [-0.15, -0.1) is 0 Å². The predicted molar refractivity (Wildman–Crippen MR) is 123 cm³/mol. The van der Waals surface area contributed by atoms with E-state index in [0.717, 1.165) is 50.1 Å². The molecular weight excluding hydrogens is 408 g/mol. The van der Waals surface area contributed by atoms with Crippen LogP contribution in [0.4, 0.5) is 17.1 Å². The predicted octanol–water partition coefficient (Wildman–Crippen LogP) is 3.89. The Morgan fingerprint density at radius 1 is 1.12 bits per heavy atom. The van der Waals surface area contributed by atoms with Gasteiger partial charge in [0.05, 0.1) is 4.92 Å². The van der Waals surface area contributed by atoms with Crippen LogP contribution in [0.2, 0.25) is 0 Å². The molecule has 32 heavy (non-hydrogen) atoms. The van der Waals surface area contributed by atoms with Crippen LogP contribution in [0, 0.1) is 16.0 Å². The third-order valence-electron chi connectivity index (χ3n) is 6.33. The molecule has 2 fully saturated rings. The van der Waals surface area contributed by atoms with Crippen molar-refractivity contribution in [1.29, 1.82) is 0 Å². The van der Waals surface area contributed by atoms with Crippen molar-refractivity contribution in [2.45, 2.75) is 39.2 Å². The zero-order valence-electron chi connectivity index (χ0n) is 18.3. The molecule has 0 spiro atoms. The number of piperidine rings is 1. The summed E-state index contributed by atoms with van der Waals surface area (Å²) >= 11 is 0. The average Bonchev–Trinajstić information content (AvgIpc) is 3.23. The van der Waals surface area contributed by atoms with E-state index in [2.05, 4.69) is 12.2 Å². The summed E-state index contributed by atoms with van der Waals surface area (Å²) < 4.78 is 0. The quantitative estimate of drug-likeness (QED) is 0.548. The lowest BCUT2D eigenvalue weighted by Gasteiger charge is -2.31. The van der Waals surface area contributed by atoms with E-state index in [1.807, 2.05) is 29.2 Å². The number of hydrogen-bond acceptors (Lipinski definition) is 5. The Morgan fingerprint density at radius 2 is 1.84 bits per heavy atom. The molecule has 168 valence electrons. The second kappa shape index (κ2) is 9.38. The van der Waals surface area contributed by atoms with Gasteiger partial charge in [0.1, 0.15) is 5.69 Å². The molecule has 1 N–H and O–H groups in total. The lowest BCUT2D eigenvalue weighted by Crippen LogP contribution is -2.33. The molecule has 2 aromatic rings. The molecule has 4 rings (SSSR count). The Bertz CT molecular complexity index is 1010. The van der Waals surface area contributed by atoms with Crippen LogP contribution in [0.15, 0.2) is 42.5 Å². The number of nitrogens with zero attached hydrogens (tertiary/aromatic N) is 3. The van der Waals surface area contributed by atoms with Crippen LogP contribution in [-0.2, 0) is 11.3 Å². The second-order valence-electron chi connectivity index (χ2n) is 8.63. The maximum Gasteiger partial charge on any atom is 0.293 e. The highest BCUT2D eigenvalue weighted by molar-refractivity contribution is 5.96. The van der Waals surface area contributed by atoms with E-state index in [9.17, 15) is 19.7 Å². The third-order valence-corrected chi connectivity index (χ3v) is 6.33. The monoisotopic (exact) mass is 436 g/mol. The zero-order chi connectivity index (χ0) is 22.7. The fraction of sp³-hybridized carbons (Fsp3) is 0.417. The van der Waals surface area contributed by atoms with E-state index >= 15 is 0 Å². The van der Waals surface area contributed by atoms with Gasteiger partial charge in [-0.05, 0) is 55.0 Å². The van der Waals surface area contributed by atoms with Crippen molar-refractivity contribution in [1.82, 2.24) is 5.32 Å². The molecule has 2 amide bonds. The molecule has 0 aromatic heterocycles. The summed E-state index contributed by atoms with van der Waals surface area (Å²) in [5.74, 6) is 0.404. The first kappa shape index (κ1) is 21.8. The summed E-state index contributed by atoms with van der Waals surface area (Å²) in [4.78, 5) is 39.6. The standard InChI is InChI=1S/C24H28N4O4/c1-17-10-13-26(14-11-17)21-9-6-19(15-22(21)28(31)32)24(30)25-16-18-4-7-20(8-5-18)27-12-2-3-23(27)29/h4-9,15,17H,2-3,10-14,16H2,1H3,(H,25,30). The number of rotatable bonds is 6. The first-order chi connectivity index (χ1) is 15.4. The van der Waals surface area contributed by atoms with Crippen LogP contribution in [0.25, 0.3) is 0 Å². The first-order valence-corrected chi connectivity index (χ1v) is 11.1. The SMILES string of the molecule is CC1CCN(c2ccc(C(=O)NCc3ccc(N4CCCC4=O)cc3)cc2[N+](=O)[O-])CC1. The molecule has 0 saturated carbocycles. The van der Waals surface area contributed by atoms with Gasteiger partial charge in [0, 0.05) is 49.9 Å². The molecule has 8 nitrogen and oxygen atoms in total. The summed E-state index contributed by atoms with van der Waals surface area (Å²) in [7, 11) is 0. The van der Waals surface area contributed by atoms with E-state index in [4.69, 9.17) is 0 Å². The normalized spacial score (nSPS) is 17.0. The molecule has 0 unspecified atom stereocenters. The Morgan fingerprint density at radius 3 is 2.47 bits per heavy atom. The molecule has 0 radical (unpaired) electrons. The number of anilines is 2. The first-order valence-electron chi connectivity index (χ1n) is 11.1. The van der Waals surface area contributed by atoms with Gasteiger partial charge in [-0.3, -0.25) is 19.7 Å². The summed E-state index contributed by atoms with van der Waals surface area (Å²) in [6.45, 7) is 4.80. The fourth-order valence-electron chi connectivity index (χ4n) is 4.33. The number of carbonyl (C=O) groups is 2. The number of amides is 2. The molecule has 2 aliphatic rings. The van der Waals surface area contributed by atoms with Gasteiger partial charge in [-0.25, -0.2) is 0 Å². The van der Waals surface area contributed by atoms with E-state index < -0.39 is 4.92 Å². The van der Waals surface area contributed by atoms with Crippen molar-refractivity contribution in [3.05, 3.63) is 63.7 Å². The molecule has 2 aliphatic heterocycles. The van der Waals surface area contributed by atoms with Gasteiger partial charge in [0.25, 0.3) is 11.6 Å². The highest BCUT2D eigenvalue weighted by Crippen LogP contribution is 2.32. The smallest absolute Gasteiger partial charge is 0.293 e. The molecule has 0 bridgehead atoms. The van der Waals surface area contributed by atoms with E-state index in [1.54, 1.807) is 17.0 Å². The maximum atomic E-state index is 12.6. The molecule has 8 heteroatoms. The van der Waals surface area contributed by atoms with Crippen molar-refractivity contribution >= 4 is 28.9 Å². The maximum absolute atomic E-state index is 12.6. The van der Waals surface area contributed by atoms with E-state index in [0.29, 0.717) is 24.6 Å². The van der Waals surface area contributed by atoms with Crippen molar-refractivity contribution in [3.63, 3.8) is 0 Å². The van der Waals surface area contributed by atoms with Gasteiger partial charge in [-0.2, -0.15) is 0 Å². The lowest BCUT2D eigenvalue weighted by atomic mass is 9.98. The summed E-state index contributed by atoms with van der Waals surface area (Å²) in [6.07, 6.45) is 3.46. The van der Waals surface area contributed by atoms with Gasteiger partial charge in [-0.1, -0.05) is 19.1 Å². The van der Waals surface area contributed by atoms with Crippen molar-refractivity contribution in [2.75, 3.05) is 29.4 Å². The minimum Gasteiger partial charge on any atom is -0.366 e. The van der Waals surface area contributed by atoms with Crippen molar-refractivity contribution < 1.29 is 14.5 Å². The largest absolute Gasteiger partial charge is 0.366 e. The fourth-order valence-corrected chi connectivity index (χ4v) is 4.33. The number of nitro benzene ring substituents is 1. The van der Waals surface area contributed by atoms with E-state index in [1.165, 1.54) is 6.07 Å². The van der Waals surface area contributed by atoms with Gasteiger partial charge < -0.3 is 15.1 Å². The van der Waals surface area contributed by atoms with Gasteiger partial charge in [0.15, 0.2) is 0 Å². The Kier molecular flexibility index (Phi) is 6.39. The Balaban J connectivity index is 1.41. The Hall–Kier alpha value is -3.42. The summed E-state index contributed by atoms with van der Waals surface area (Å²) in [5, 5.41) is 14.5. The highest BCUT2D eigenvalue weighted by atomic mass is 16.6. The topological polar surface area (TPSA) is 95.8 Å². The number of carbonyl (C=O) groups excluding carboxylic acids is 2. The minimum atomic E-state index is -0.414. The number of benzene rings is 2. The second-order valence-corrected chi connectivity index (χ2v) is 8.63. The third kappa shape index (κ3) is 4.74. The molecule has 0 aliphatic carbocycles. The van der Waals surface area contributed by atoms with Crippen LogP contribution in [-0.4, -0.2) is 36.4 Å². The average molecular weight is 437 g/mol. The van der Waals surface area contributed by atoms with Crippen molar-refractivity contribution in [2.24, 2.45) is 5.92 Å².